The first-order valence-corrected chi connectivity index (χ1v) is 12.8. The molecule has 0 aromatic heterocycles. The van der Waals surface area contributed by atoms with Crippen LogP contribution in [0.3, 0.4) is 0 Å². The number of hydrogen-bond acceptors (Lipinski definition) is 5. The minimum Gasteiger partial charge on any atom is -0.354 e. The van der Waals surface area contributed by atoms with E-state index in [-0.39, 0.29) is 35.9 Å². The molecule has 0 radical (unpaired) electrons. The van der Waals surface area contributed by atoms with Gasteiger partial charge in [0, 0.05) is 44.2 Å². The number of sulfonamides is 1. The largest absolute Gasteiger partial charge is 0.354 e. The number of piperazine rings is 1. The molecule has 9 heteroatoms. The van der Waals surface area contributed by atoms with Gasteiger partial charge < -0.3 is 10.2 Å². The zero-order chi connectivity index (χ0) is 21.2. The zero-order valence-corrected chi connectivity index (χ0v) is 18.7. The predicted molar refractivity (Wildman–Crippen MR) is 112 cm³/mol. The molecule has 8 nitrogen and oxygen atoms in total. The van der Waals surface area contributed by atoms with E-state index in [4.69, 9.17) is 0 Å². The first-order valence-electron chi connectivity index (χ1n) is 10.9. The number of carbonyl (C=O) groups excluding carboxylic acids is 2. The van der Waals surface area contributed by atoms with Crippen LogP contribution < -0.4 is 10.0 Å². The van der Waals surface area contributed by atoms with Gasteiger partial charge in [0.05, 0.1) is 6.26 Å². The molecule has 2 heterocycles. The molecule has 0 aromatic carbocycles. The van der Waals surface area contributed by atoms with E-state index in [1.165, 1.54) is 32.1 Å². The summed E-state index contributed by atoms with van der Waals surface area (Å²) in [5.74, 6) is 0.440. The second-order valence-electron chi connectivity index (χ2n) is 9.34. The van der Waals surface area contributed by atoms with E-state index in [1.54, 1.807) is 0 Å². The lowest BCUT2D eigenvalue weighted by molar-refractivity contribution is -0.144. The van der Waals surface area contributed by atoms with Crippen molar-refractivity contribution in [2.75, 3.05) is 32.4 Å². The second kappa shape index (κ2) is 9.31. The molecule has 3 atom stereocenters. The van der Waals surface area contributed by atoms with E-state index in [1.807, 2.05) is 18.7 Å². The van der Waals surface area contributed by atoms with E-state index in [9.17, 15) is 18.0 Å². The first kappa shape index (κ1) is 22.5. The third-order valence-electron chi connectivity index (χ3n) is 6.46. The maximum atomic E-state index is 13.3. The summed E-state index contributed by atoms with van der Waals surface area (Å²) in [7, 11) is -3.31. The molecule has 29 heavy (non-hydrogen) atoms. The van der Waals surface area contributed by atoms with Crippen molar-refractivity contribution in [2.45, 2.75) is 70.5 Å². The molecule has 2 amide bonds. The van der Waals surface area contributed by atoms with Crippen LogP contribution in [0.5, 0.6) is 0 Å². The fourth-order valence-electron chi connectivity index (χ4n) is 5.01. The highest BCUT2D eigenvalue weighted by atomic mass is 32.2. The summed E-state index contributed by atoms with van der Waals surface area (Å²) < 4.78 is 25.9. The summed E-state index contributed by atoms with van der Waals surface area (Å²) in [5.41, 5.74) is 0. The molecule has 0 bridgehead atoms. The number of amides is 2. The third kappa shape index (κ3) is 5.92. The summed E-state index contributed by atoms with van der Waals surface area (Å²) in [6.45, 7) is 6.03. The first-order chi connectivity index (χ1) is 13.6. The Morgan fingerprint density at radius 3 is 2.48 bits per heavy atom. The summed E-state index contributed by atoms with van der Waals surface area (Å²) >= 11 is 0. The number of fused-ring (bicyclic) bond motifs is 1. The standard InChI is InChI=1S/C20H36N4O4S/c1-14(2)19(25)21-10-18-20(26)24-12-16(22-29(3,27)28)9-17(24)13-23(18)11-15-7-5-4-6-8-15/h14-18,22H,4-13H2,1-3H3,(H,21,25)/t16-,17-,18-/m0/s1. The number of nitrogens with one attached hydrogen (secondary N) is 2. The van der Waals surface area contributed by atoms with Gasteiger partial charge in [0.1, 0.15) is 6.04 Å². The summed E-state index contributed by atoms with van der Waals surface area (Å²) in [6.07, 6.45) is 7.98. The molecule has 2 aliphatic heterocycles. The Labute approximate surface area is 174 Å². The molecule has 2 N–H and O–H groups in total. The van der Waals surface area contributed by atoms with Gasteiger partial charge >= 0.3 is 0 Å². The van der Waals surface area contributed by atoms with Crippen molar-refractivity contribution in [3.63, 3.8) is 0 Å². The highest BCUT2D eigenvalue weighted by Gasteiger charge is 2.46. The molecule has 3 aliphatic rings. The van der Waals surface area contributed by atoms with E-state index >= 15 is 0 Å². The fourth-order valence-corrected chi connectivity index (χ4v) is 5.79. The van der Waals surface area contributed by atoms with Crippen LogP contribution in [0.2, 0.25) is 0 Å². The van der Waals surface area contributed by atoms with Crippen LogP contribution in [-0.2, 0) is 19.6 Å². The van der Waals surface area contributed by atoms with Gasteiger partial charge in [-0.1, -0.05) is 33.1 Å². The quantitative estimate of drug-likeness (QED) is 0.617. The summed E-state index contributed by atoms with van der Waals surface area (Å²) in [5, 5.41) is 2.94. The second-order valence-corrected chi connectivity index (χ2v) is 11.1. The van der Waals surface area contributed by atoms with Crippen LogP contribution in [0.1, 0.15) is 52.4 Å². The highest BCUT2D eigenvalue weighted by molar-refractivity contribution is 7.88. The maximum Gasteiger partial charge on any atom is 0.242 e. The Morgan fingerprint density at radius 1 is 1.17 bits per heavy atom. The normalized spacial score (nSPS) is 29.3. The van der Waals surface area contributed by atoms with Crippen LogP contribution in [0, 0.1) is 11.8 Å². The number of carbonyl (C=O) groups is 2. The van der Waals surface area contributed by atoms with Crippen molar-refractivity contribution in [3.8, 4) is 0 Å². The van der Waals surface area contributed by atoms with Gasteiger partial charge in [-0.15, -0.1) is 0 Å². The molecular formula is C20H36N4O4S. The Hall–Kier alpha value is -1.19. The minimum atomic E-state index is -3.31. The van der Waals surface area contributed by atoms with Crippen molar-refractivity contribution in [2.24, 2.45) is 11.8 Å². The number of hydrogen-bond donors (Lipinski definition) is 2. The molecule has 166 valence electrons. The third-order valence-corrected chi connectivity index (χ3v) is 7.22. The van der Waals surface area contributed by atoms with E-state index < -0.39 is 10.0 Å². The lowest BCUT2D eigenvalue weighted by atomic mass is 9.88. The maximum absolute atomic E-state index is 13.3. The van der Waals surface area contributed by atoms with Crippen molar-refractivity contribution in [1.82, 2.24) is 19.8 Å². The molecule has 1 saturated carbocycles. The van der Waals surface area contributed by atoms with Crippen molar-refractivity contribution in [3.05, 3.63) is 0 Å². The average molecular weight is 429 g/mol. The van der Waals surface area contributed by atoms with E-state index in [2.05, 4.69) is 14.9 Å². The van der Waals surface area contributed by atoms with Crippen LogP contribution >= 0.6 is 0 Å². The molecule has 0 spiro atoms. The van der Waals surface area contributed by atoms with Crippen molar-refractivity contribution < 1.29 is 18.0 Å². The zero-order valence-electron chi connectivity index (χ0n) is 17.9. The lowest BCUT2D eigenvalue weighted by Gasteiger charge is -2.44. The van der Waals surface area contributed by atoms with E-state index in [0.717, 1.165) is 19.3 Å². The monoisotopic (exact) mass is 428 g/mol. The van der Waals surface area contributed by atoms with Crippen LogP contribution in [0.4, 0.5) is 0 Å². The van der Waals surface area contributed by atoms with Gasteiger partial charge in [-0.25, -0.2) is 13.1 Å². The number of nitrogens with zero attached hydrogens (tertiary/aromatic N) is 2. The van der Waals surface area contributed by atoms with Gasteiger partial charge in [-0.05, 0) is 25.2 Å². The fraction of sp³-hybridized carbons (Fsp3) is 0.900. The van der Waals surface area contributed by atoms with Crippen LogP contribution in [-0.4, -0.2) is 80.6 Å². The van der Waals surface area contributed by atoms with Gasteiger partial charge in [0.25, 0.3) is 0 Å². The number of rotatable bonds is 7. The van der Waals surface area contributed by atoms with Crippen molar-refractivity contribution >= 4 is 21.8 Å². The SMILES string of the molecule is CC(C)C(=O)NC[C@H]1C(=O)N2C[C@@H](NS(C)(=O)=O)C[C@H]2CN1CC1CCCCC1. The van der Waals surface area contributed by atoms with Gasteiger partial charge in [-0.2, -0.15) is 0 Å². The summed E-state index contributed by atoms with van der Waals surface area (Å²) in [4.78, 5) is 29.5. The van der Waals surface area contributed by atoms with Gasteiger partial charge in [0.15, 0.2) is 0 Å². The topological polar surface area (TPSA) is 98.8 Å². The minimum absolute atomic E-state index is 0.0129. The highest BCUT2D eigenvalue weighted by Crippen LogP contribution is 2.30. The van der Waals surface area contributed by atoms with Gasteiger partial charge in [0.2, 0.25) is 21.8 Å². The van der Waals surface area contributed by atoms with Gasteiger partial charge in [-0.3, -0.25) is 14.5 Å². The lowest BCUT2D eigenvalue weighted by Crippen LogP contribution is -2.63. The average Bonchev–Trinajstić information content (AvgIpc) is 3.02. The Balaban J connectivity index is 1.71. The molecule has 3 fully saturated rings. The molecule has 0 aromatic rings. The molecule has 1 aliphatic carbocycles. The summed E-state index contributed by atoms with van der Waals surface area (Å²) in [6, 6.07) is -0.574. The van der Waals surface area contributed by atoms with Crippen molar-refractivity contribution in [1.29, 1.82) is 0 Å². The smallest absolute Gasteiger partial charge is 0.242 e. The Morgan fingerprint density at radius 2 is 1.86 bits per heavy atom. The Kier molecular flexibility index (Phi) is 7.22. The van der Waals surface area contributed by atoms with Crippen LogP contribution in [0.25, 0.3) is 0 Å². The van der Waals surface area contributed by atoms with Crippen LogP contribution in [0.15, 0.2) is 0 Å². The molecule has 2 saturated heterocycles. The molecular weight excluding hydrogens is 392 g/mol. The molecule has 3 rings (SSSR count). The predicted octanol–water partition coefficient (Wildman–Crippen LogP) is 0.542. The van der Waals surface area contributed by atoms with E-state index in [0.29, 0.717) is 25.4 Å². The Bertz CT molecular complexity index is 705. The molecule has 0 unspecified atom stereocenters.